The predicted octanol–water partition coefficient (Wildman–Crippen LogP) is 4.19. The molecule has 0 bridgehead atoms. The van der Waals surface area contributed by atoms with Gasteiger partial charge in [-0.2, -0.15) is 0 Å². The van der Waals surface area contributed by atoms with Gasteiger partial charge in [0.15, 0.2) is 5.82 Å². The molecule has 0 radical (unpaired) electrons. The van der Waals surface area contributed by atoms with Gasteiger partial charge in [0.2, 0.25) is 0 Å². The molecule has 18 heavy (non-hydrogen) atoms. The molecule has 2 rings (SSSR count). The topological polar surface area (TPSA) is 24.9 Å². The summed E-state index contributed by atoms with van der Waals surface area (Å²) in [4.78, 5) is 4.23. The Morgan fingerprint density at radius 1 is 1.39 bits per heavy atom. The maximum atomic E-state index is 14.1. The van der Waals surface area contributed by atoms with Crippen LogP contribution < -0.4 is 5.32 Å². The molecule has 0 saturated heterocycles. The van der Waals surface area contributed by atoms with Crippen LogP contribution in [0.2, 0.25) is 0 Å². The first-order valence-electron chi connectivity index (χ1n) is 5.65. The SMILES string of the molecule is CCc1nc2c(F)cc(Br)c(F)c2c(NC)c1C. The Balaban J connectivity index is 3.02. The first kappa shape index (κ1) is 13.2. The van der Waals surface area contributed by atoms with Gasteiger partial charge >= 0.3 is 0 Å². The number of anilines is 1. The van der Waals surface area contributed by atoms with Crippen molar-refractivity contribution in [3.63, 3.8) is 0 Å². The Bertz CT molecular complexity index is 626. The number of nitrogens with zero attached hydrogens (tertiary/aromatic N) is 1. The highest BCUT2D eigenvalue weighted by Crippen LogP contribution is 2.34. The van der Waals surface area contributed by atoms with Crippen molar-refractivity contribution in [3.05, 3.63) is 33.4 Å². The maximum absolute atomic E-state index is 14.1. The smallest absolute Gasteiger partial charge is 0.150 e. The molecule has 0 aliphatic heterocycles. The highest BCUT2D eigenvalue weighted by Gasteiger charge is 2.18. The van der Waals surface area contributed by atoms with Crippen LogP contribution in [-0.2, 0) is 6.42 Å². The molecule has 0 spiro atoms. The summed E-state index contributed by atoms with van der Waals surface area (Å²) in [6, 6.07) is 1.11. The minimum absolute atomic E-state index is 0.0718. The zero-order chi connectivity index (χ0) is 13.4. The van der Waals surface area contributed by atoms with Crippen molar-refractivity contribution in [1.82, 2.24) is 4.98 Å². The van der Waals surface area contributed by atoms with Crippen molar-refractivity contribution in [2.24, 2.45) is 0 Å². The van der Waals surface area contributed by atoms with Gasteiger partial charge < -0.3 is 5.32 Å². The van der Waals surface area contributed by atoms with Crippen LogP contribution in [0.5, 0.6) is 0 Å². The third kappa shape index (κ3) is 1.86. The summed E-state index contributed by atoms with van der Waals surface area (Å²) in [5.41, 5.74) is 2.29. The van der Waals surface area contributed by atoms with Gasteiger partial charge in [-0.3, -0.25) is 0 Å². The van der Waals surface area contributed by atoms with Gasteiger partial charge in [-0.1, -0.05) is 6.92 Å². The molecule has 0 unspecified atom stereocenters. The maximum Gasteiger partial charge on any atom is 0.150 e. The first-order valence-corrected chi connectivity index (χ1v) is 6.45. The molecule has 0 aliphatic carbocycles. The molecule has 1 heterocycles. The summed E-state index contributed by atoms with van der Waals surface area (Å²) < 4.78 is 28.2. The van der Waals surface area contributed by atoms with E-state index in [1.807, 2.05) is 13.8 Å². The molecule has 0 saturated carbocycles. The normalized spacial score (nSPS) is 11.0. The number of aryl methyl sites for hydroxylation is 1. The zero-order valence-electron chi connectivity index (χ0n) is 10.4. The standard InChI is InChI=1S/C13H13BrF2N2/c1-4-9-6(2)12(17-3)10-11(16)7(14)5-8(15)13(10)18-9/h5H,4H2,1-3H3,(H,17,18). The van der Waals surface area contributed by atoms with E-state index in [9.17, 15) is 8.78 Å². The third-order valence-electron chi connectivity index (χ3n) is 3.04. The molecule has 1 aromatic carbocycles. The molecule has 2 aromatic rings. The van der Waals surface area contributed by atoms with Gasteiger partial charge in [-0.15, -0.1) is 0 Å². The van der Waals surface area contributed by atoms with E-state index >= 15 is 0 Å². The van der Waals surface area contributed by atoms with Crippen LogP contribution in [0.1, 0.15) is 18.2 Å². The zero-order valence-corrected chi connectivity index (χ0v) is 12.0. The van der Waals surface area contributed by atoms with E-state index in [-0.39, 0.29) is 15.4 Å². The second-order valence-electron chi connectivity index (χ2n) is 4.04. The summed E-state index contributed by atoms with van der Waals surface area (Å²) in [6.07, 6.45) is 0.674. The van der Waals surface area contributed by atoms with Gasteiger partial charge in [-0.25, -0.2) is 13.8 Å². The first-order chi connectivity index (χ1) is 8.51. The van der Waals surface area contributed by atoms with Crippen LogP contribution in [0.4, 0.5) is 14.5 Å². The van der Waals surface area contributed by atoms with Gasteiger partial charge in [-0.05, 0) is 40.9 Å². The summed E-state index contributed by atoms with van der Waals surface area (Å²) >= 11 is 3.02. The van der Waals surface area contributed by atoms with Gasteiger partial charge in [0.25, 0.3) is 0 Å². The number of benzene rings is 1. The monoisotopic (exact) mass is 314 g/mol. The number of fused-ring (bicyclic) bond motifs is 1. The average Bonchev–Trinajstić information content (AvgIpc) is 2.35. The van der Waals surface area contributed by atoms with Crippen molar-refractivity contribution in [2.75, 3.05) is 12.4 Å². The highest BCUT2D eigenvalue weighted by atomic mass is 79.9. The Labute approximate surface area is 113 Å². The second kappa shape index (κ2) is 4.80. The number of hydrogen-bond donors (Lipinski definition) is 1. The van der Waals surface area contributed by atoms with E-state index in [1.165, 1.54) is 0 Å². The number of hydrogen-bond acceptors (Lipinski definition) is 2. The average molecular weight is 315 g/mol. The van der Waals surface area contributed by atoms with Crippen molar-refractivity contribution in [3.8, 4) is 0 Å². The molecule has 5 heteroatoms. The lowest BCUT2D eigenvalue weighted by molar-refractivity contribution is 0.609. The fourth-order valence-electron chi connectivity index (χ4n) is 2.13. The highest BCUT2D eigenvalue weighted by molar-refractivity contribution is 9.10. The molecule has 0 atom stereocenters. The molecule has 0 aliphatic rings. The summed E-state index contributed by atoms with van der Waals surface area (Å²) in [6.45, 7) is 3.79. The van der Waals surface area contributed by atoms with E-state index in [0.29, 0.717) is 12.1 Å². The number of rotatable bonds is 2. The van der Waals surface area contributed by atoms with E-state index in [2.05, 4.69) is 26.2 Å². The van der Waals surface area contributed by atoms with Crippen LogP contribution in [0.3, 0.4) is 0 Å². The fourth-order valence-corrected chi connectivity index (χ4v) is 2.53. The lowest BCUT2D eigenvalue weighted by Crippen LogP contribution is -2.04. The van der Waals surface area contributed by atoms with E-state index < -0.39 is 11.6 Å². The molecular formula is C13H13BrF2N2. The van der Waals surface area contributed by atoms with E-state index in [4.69, 9.17) is 0 Å². The van der Waals surface area contributed by atoms with Crippen LogP contribution >= 0.6 is 15.9 Å². The molecule has 1 aromatic heterocycles. The Morgan fingerprint density at radius 2 is 2.06 bits per heavy atom. The Morgan fingerprint density at radius 3 is 2.61 bits per heavy atom. The lowest BCUT2D eigenvalue weighted by Gasteiger charge is -2.14. The quantitative estimate of drug-likeness (QED) is 0.841. The largest absolute Gasteiger partial charge is 0.387 e. The van der Waals surface area contributed by atoms with Gasteiger partial charge in [0, 0.05) is 12.7 Å². The summed E-state index contributed by atoms with van der Waals surface area (Å²) in [5.74, 6) is -1.02. The minimum Gasteiger partial charge on any atom is -0.387 e. The summed E-state index contributed by atoms with van der Waals surface area (Å²) in [7, 11) is 1.69. The van der Waals surface area contributed by atoms with Crippen molar-refractivity contribution in [1.29, 1.82) is 0 Å². The Hall–Kier alpha value is -1.23. The molecule has 2 nitrogen and oxygen atoms in total. The van der Waals surface area contributed by atoms with Gasteiger partial charge in [0.05, 0.1) is 15.5 Å². The number of halogens is 3. The van der Waals surface area contributed by atoms with E-state index in [1.54, 1.807) is 7.05 Å². The fraction of sp³-hybridized carbons (Fsp3) is 0.308. The van der Waals surface area contributed by atoms with Crippen LogP contribution in [0.25, 0.3) is 10.9 Å². The van der Waals surface area contributed by atoms with Crippen LogP contribution in [0, 0.1) is 18.6 Å². The van der Waals surface area contributed by atoms with Crippen molar-refractivity contribution < 1.29 is 8.78 Å². The molecule has 0 amide bonds. The van der Waals surface area contributed by atoms with Crippen molar-refractivity contribution >= 4 is 32.5 Å². The Kier molecular flexibility index (Phi) is 3.52. The molecule has 0 fully saturated rings. The van der Waals surface area contributed by atoms with Crippen molar-refractivity contribution in [2.45, 2.75) is 20.3 Å². The molecule has 1 N–H and O–H groups in total. The number of nitrogens with one attached hydrogen (secondary N) is 1. The van der Waals surface area contributed by atoms with Gasteiger partial charge in [0.1, 0.15) is 11.3 Å². The van der Waals surface area contributed by atoms with Crippen LogP contribution in [-0.4, -0.2) is 12.0 Å². The van der Waals surface area contributed by atoms with Crippen LogP contribution in [0.15, 0.2) is 10.5 Å². The molecular weight excluding hydrogens is 302 g/mol. The number of pyridine rings is 1. The number of aromatic nitrogens is 1. The lowest BCUT2D eigenvalue weighted by atomic mass is 10.0. The summed E-state index contributed by atoms with van der Waals surface area (Å²) in [5, 5.41) is 3.13. The predicted molar refractivity (Wildman–Crippen MR) is 73.0 cm³/mol. The van der Waals surface area contributed by atoms with E-state index in [0.717, 1.165) is 17.3 Å². The minimum atomic E-state index is -0.524. The molecule has 96 valence electrons. The second-order valence-corrected chi connectivity index (χ2v) is 4.89. The third-order valence-corrected chi connectivity index (χ3v) is 3.61.